The number of epoxide rings is 1. The van der Waals surface area contributed by atoms with Crippen LogP contribution < -0.4 is 4.90 Å². The van der Waals surface area contributed by atoms with E-state index in [1.165, 1.54) is 0 Å². The molecule has 1 aliphatic carbocycles. The molecule has 4 atom stereocenters. The second-order valence-electron chi connectivity index (χ2n) is 8.86. The quantitative estimate of drug-likeness (QED) is 0.415. The molecule has 5 nitrogen and oxygen atoms in total. The Hall–Kier alpha value is -2.51. The van der Waals surface area contributed by atoms with Crippen molar-refractivity contribution < 1.29 is 18.7 Å². The second kappa shape index (κ2) is 7.32. The van der Waals surface area contributed by atoms with Crippen LogP contribution in [0.4, 0.5) is 10.5 Å². The van der Waals surface area contributed by atoms with Gasteiger partial charge in [-0.1, -0.05) is 48.8 Å². The fourth-order valence-corrected chi connectivity index (χ4v) is 5.83. The van der Waals surface area contributed by atoms with Gasteiger partial charge >= 0.3 is 6.09 Å². The summed E-state index contributed by atoms with van der Waals surface area (Å²) in [6.45, 7) is 10.8. The number of ether oxygens (including phenoxy) is 2. The van der Waals surface area contributed by atoms with Crippen LogP contribution in [-0.4, -0.2) is 38.8 Å². The van der Waals surface area contributed by atoms with Gasteiger partial charge in [0.05, 0.1) is 12.3 Å². The lowest BCUT2D eigenvalue weighted by molar-refractivity contribution is 0.0429. The Bertz CT molecular complexity index is 1020. The van der Waals surface area contributed by atoms with E-state index in [2.05, 4.69) is 43.3 Å². The van der Waals surface area contributed by atoms with Gasteiger partial charge < -0.3 is 13.9 Å². The number of benzene rings is 1. The first-order chi connectivity index (χ1) is 14.2. The maximum Gasteiger partial charge on any atom is 0.415 e. The molecule has 0 spiro atoms. The highest BCUT2D eigenvalue weighted by Gasteiger charge is 2.75. The highest BCUT2D eigenvalue weighted by atomic mass is 28.4. The zero-order chi connectivity index (χ0) is 21.6. The summed E-state index contributed by atoms with van der Waals surface area (Å²) in [5.74, 6) is 12.6. The number of rotatable bonds is 4. The number of fused-ring (bicyclic) bond motifs is 1. The van der Waals surface area contributed by atoms with E-state index in [4.69, 9.17) is 13.9 Å². The van der Waals surface area contributed by atoms with Crippen LogP contribution in [0.2, 0.25) is 19.6 Å². The highest BCUT2D eigenvalue weighted by molar-refractivity contribution is 6.69. The van der Waals surface area contributed by atoms with E-state index >= 15 is 0 Å². The van der Waals surface area contributed by atoms with Crippen molar-refractivity contribution in [3.8, 4) is 23.7 Å². The average Bonchev–Trinajstić information content (AvgIpc) is 3.45. The number of hydrogen-bond donors (Lipinski definition) is 0. The molecule has 6 heteroatoms. The van der Waals surface area contributed by atoms with Crippen LogP contribution in [0.1, 0.15) is 25.8 Å². The smallest absolute Gasteiger partial charge is 0.415 e. The number of allylic oxidation sites excluding steroid dienone is 2. The Balaban J connectivity index is 1.91. The van der Waals surface area contributed by atoms with Crippen LogP contribution in [0.25, 0.3) is 0 Å². The third-order valence-electron chi connectivity index (χ3n) is 5.42. The van der Waals surface area contributed by atoms with Gasteiger partial charge in [0, 0.05) is 5.56 Å². The van der Waals surface area contributed by atoms with E-state index in [-0.39, 0.29) is 6.10 Å². The topological polar surface area (TPSA) is 51.3 Å². The Morgan fingerprint density at radius 2 is 1.97 bits per heavy atom. The van der Waals surface area contributed by atoms with Crippen molar-refractivity contribution in [1.29, 1.82) is 0 Å². The molecule has 0 N–H and O–H groups in total. The molecule has 30 heavy (non-hydrogen) atoms. The number of hydrogen-bond acceptors (Lipinski definition) is 4. The predicted octanol–water partition coefficient (Wildman–Crippen LogP) is 4.20. The molecule has 1 aromatic rings. The molecule has 4 rings (SSSR count). The summed E-state index contributed by atoms with van der Waals surface area (Å²) < 4.78 is 18.6. The Labute approximate surface area is 179 Å². The lowest BCUT2D eigenvalue weighted by Gasteiger charge is -2.42. The van der Waals surface area contributed by atoms with Crippen LogP contribution >= 0.6 is 0 Å². The van der Waals surface area contributed by atoms with Gasteiger partial charge in [-0.25, -0.2) is 4.79 Å². The van der Waals surface area contributed by atoms with E-state index in [0.717, 1.165) is 17.7 Å². The largest absolute Gasteiger partial charge is 0.449 e. The van der Waals surface area contributed by atoms with Crippen LogP contribution in [0.3, 0.4) is 0 Å². The summed E-state index contributed by atoms with van der Waals surface area (Å²) in [5, 5.41) is 0. The van der Waals surface area contributed by atoms with Crippen molar-refractivity contribution in [2.24, 2.45) is 0 Å². The van der Waals surface area contributed by atoms with Gasteiger partial charge in [-0.3, -0.25) is 4.90 Å². The minimum absolute atomic E-state index is 0.351. The molecule has 2 heterocycles. The Morgan fingerprint density at radius 3 is 2.70 bits per heavy atom. The SMILES string of the molecule is CCCOC(=O)N1c2ccccc2[C@]23O[C@@H]2[C@H]1C#C/C=C\C#C[C@]3(C)O[Si](C)(C)C. The molecule has 3 aliphatic rings. The standard InChI is InChI=1S/C24H27NO4Si/c1-6-17-27-22(26)25-19-14-11-10-13-18(19)24-21(28-24)20(25)15-9-7-8-12-16-23(24,2)29-30(3,4)5/h7-8,10-11,13-14,20-21H,6,17H2,1-5H3/b8-7-/t20-,21-,23+,24+/m1/s1. The zero-order valence-electron chi connectivity index (χ0n) is 18.1. The van der Waals surface area contributed by atoms with Crippen LogP contribution in [0, 0.1) is 23.7 Å². The van der Waals surface area contributed by atoms with Gasteiger partial charge in [0.15, 0.2) is 19.5 Å². The van der Waals surface area contributed by atoms with Gasteiger partial charge in [-0.05, 0) is 51.2 Å². The molecule has 0 saturated carbocycles. The molecule has 1 saturated heterocycles. The van der Waals surface area contributed by atoms with E-state index in [1.54, 1.807) is 17.1 Å². The van der Waals surface area contributed by atoms with Crippen molar-refractivity contribution in [3.63, 3.8) is 0 Å². The van der Waals surface area contributed by atoms with E-state index in [1.807, 2.05) is 38.1 Å². The molecule has 156 valence electrons. The lowest BCUT2D eigenvalue weighted by atomic mass is 9.75. The van der Waals surface area contributed by atoms with Gasteiger partial charge in [0.2, 0.25) is 0 Å². The molecule has 0 unspecified atom stereocenters. The molecule has 1 amide bonds. The van der Waals surface area contributed by atoms with E-state index in [0.29, 0.717) is 6.61 Å². The second-order valence-corrected chi connectivity index (χ2v) is 13.3. The Morgan fingerprint density at radius 1 is 1.23 bits per heavy atom. The van der Waals surface area contributed by atoms with Crippen molar-refractivity contribution >= 4 is 20.1 Å². The number of amides is 1. The molecular formula is C24H27NO4Si. The molecule has 1 fully saturated rings. The number of anilines is 1. The number of carbonyl (C=O) groups excluding carboxylic acids is 1. The number of carbonyl (C=O) groups is 1. The summed E-state index contributed by atoms with van der Waals surface area (Å²) in [6, 6.07) is 7.29. The van der Waals surface area contributed by atoms with Crippen molar-refractivity contribution in [3.05, 3.63) is 42.0 Å². The van der Waals surface area contributed by atoms with Gasteiger partial charge in [0.25, 0.3) is 0 Å². The first-order valence-corrected chi connectivity index (χ1v) is 13.8. The van der Waals surface area contributed by atoms with Gasteiger partial charge in [0.1, 0.15) is 12.1 Å². The third kappa shape index (κ3) is 3.26. The van der Waals surface area contributed by atoms with Crippen LogP contribution in [-0.2, 0) is 19.5 Å². The monoisotopic (exact) mass is 421 g/mol. The van der Waals surface area contributed by atoms with E-state index < -0.39 is 31.7 Å². The van der Waals surface area contributed by atoms with Crippen molar-refractivity contribution in [2.45, 2.75) is 63.3 Å². The highest BCUT2D eigenvalue weighted by Crippen LogP contribution is 2.62. The molecule has 1 aromatic carbocycles. The maximum atomic E-state index is 13.0. The fourth-order valence-electron chi connectivity index (χ4n) is 4.41. The molecular weight excluding hydrogens is 394 g/mol. The van der Waals surface area contributed by atoms with Gasteiger partial charge in [-0.15, -0.1) is 0 Å². The first kappa shape index (κ1) is 20.7. The summed E-state index contributed by atoms with van der Waals surface area (Å²) in [7, 11) is -1.99. The Kier molecular flexibility index (Phi) is 5.06. The minimum atomic E-state index is -1.99. The molecule has 0 aromatic heterocycles. The first-order valence-electron chi connectivity index (χ1n) is 10.4. The maximum absolute atomic E-state index is 13.0. The minimum Gasteiger partial charge on any atom is -0.449 e. The average molecular weight is 422 g/mol. The number of para-hydroxylation sites is 1. The molecule has 0 radical (unpaired) electrons. The normalized spacial score (nSPS) is 31.7. The third-order valence-corrected chi connectivity index (χ3v) is 6.44. The molecule has 2 aliphatic heterocycles. The zero-order valence-corrected chi connectivity index (χ0v) is 19.1. The molecule has 2 bridgehead atoms. The van der Waals surface area contributed by atoms with E-state index in [9.17, 15) is 4.79 Å². The predicted molar refractivity (Wildman–Crippen MR) is 118 cm³/mol. The number of nitrogens with zero attached hydrogens (tertiary/aromatic N) is 1. The van der Waals surface area contributed by atoms with Crippen LogP contribution in [0.5, 0.6) is 0 Å². The summed E-state index contributed by atoms with van der Waals surface area (Å²) in [5.41, 5.74) is -0.0353. The summed E-state index contributed by atoms with van der Waals surface area (Å²) >= 11 is 0. The van der Waals surface area contributed by atoms with Crippen molar-refractivity contribution in [2.75, 3.05) is 11.5 Å². The van der Waals surface area contributed by atoms with Gasteiger partial charge in [-0.2, -0.15) is 0 Å². The lowest BCUT2D eigenvalue weighted by Crippen LogP contribution is -2.56. The summed E-state index contributed by atoms with van der Waals surface area (Å²) in [6.07, 6.45) is 3.42. The summed E-state index contributed by atoms with van der Waals surface area (Å²) in [4.78, 5) is 14.7. The van der Waals surface area contributed by atoms with Crippen LogP contribution in [0.15, 0.2) is 36.4 Å². The van der Waals surface area contributed by atoms with Crippen molar-refractivity contribution in [1.82, 2.24) is 0 Å². The fraction of sp³-hybridized carbons (Fsp3) is 0.458.